The van der Waals surface area contributed by atoms with E-state index in [0.29, 0.717) is 29.4 Å². The van der Waals surface area contributed by atoms with E-state index >= 15 is 0 Å². The molecule has 0 fully saturated rings. The number of carbonyl (C=O) groups excluding carboxylic acids is 2. The largest absolute Gasteiger partial charge is 0.497 e. The maximum Gasteiger partial charge on any atom is 0.240 e. The molecule has 0 spiro atoms. The van der Waals surface area contributed by atoms with Crippen LogP contribution in [0.15, 0.2) is 41.4 Å². The van der Waals surface area contributed by atoms with E-state index in [1.165, 1.54) is 0 Å². The standard InChI is InChI=1S/C27H40N6O6/c1-36-19-8-17(9-20(12-19)37-2)14-27(16-28,15-18-10-21(38-3)13-22(11-18)39-4)25(35)33-23(24(29)34)6-5-7-32-26(30)31/h8-13,23H,5-7,14-16,28H2,1-4H3,(H2,29,34)(H,33,35)(H4,30,31,32)/t23-/m0/s1. The molecule has 0 heterocycles. The highest BCUT2D eigenvalue weighted by Gasteiger charge is 2.39. The molecule has 0 saturated heterocycles. The van der Waals surface area contributed by atoms with Crippen molar-refractivity contribution in [3.63, 3.8) is 0 Å². The average molecular weight is 545 g/mol. The summed E-state index contributed by atoms with van der Waals surface area (Å²) in [6, 6.07) is 9.78. The van der Waals surface area contributed by atoms with Crippen LogP contribution in [0, 0.1) is 5.41 Å². The maximum absolute atomic E-state index is 14.0. The average Bonchev–Trinajstić information content (AvgIpc) is 2.93. The van der Waals surface area contributed by atoms with Gasteiger partial charge in [-0.05, 0) is 61.1 Å². The molecular formula is C27H40N6O6. The normalized spacial score (nSPS) is 11.7. The number of benzene rings is 2. The summed E-state index contributed by atoms with van der Waals surface area (Å²) in [5.41, 5.74) is 23.0. The number of nitrogens with one attached hydrogen (secondary N) is 1. The number of aliphatic imine (C=N–C) groups is 1. The highest BCUT2D eigenvalue weighted by atomic mass is 16.5. The molecule has 0 aromatic heterocycles. The Balaban J connectivity index is 2.50. The number of nitrogens with two attached hydrogens (primary N) is 4. The summed E-state index contributed by atoms with van der Waals surface area (Å²) in [4.78, 5) is 30.2. The minimum absolute atomic E-state index is 0.0443. The molecule has 1 atom stereocenters. The fourth-order valence-corrected chi connectivity index (χ4v) is 4.28. The molecule has 12 heteroatoms. The van der Waals surface area contributed by atoms with Crippen LogP contribution < -0.4 is 47.2 Å². The molecule has 0 unspecified atom stereocenters. The molecule has 0 aliphatic rings. The number of carbonyl (C=O) groups is 2. The van der Waals surface area contributed by atoms with Crippen molar-refractivity contribution in [1.82, 2.24) is 5.32 Å². The first kappa shape index (κ1) is 31.0. The Morgan fingerprint density at radius 1 is 0.821 bits per heavy atom. The first-order valence-corrected chi connectivity index (χ1v) is 12.4. The molecule has 0 bridgehead atoms. The van der Waals surface area contributed by atoms with E-state index < -0.39 is 23.3 Å². The van der Waals surface area contributed by atoms with Crippen LogP contribution in [0.3, 0.4) is 0 Å². The van der Waals surface area contributed by atoms with Gasteiger partial charge in [0.15, 0.2) is 5.96 Å². The lowest BCUT2D eigenvalue weighted by Crippen LogP contribution is -2.54. The zero-order chi connectivity index (χ0) is 29.0. The molecular weight excluding hydrogens is 504 g/mol. The van der Waals surface area contributed by atoms with Gasteiger partial charge in [-0.15, -0.1) is 0 Å². The molecule has 0 aliphatic carbocycles. The van der Waals surface area contributed by atoms with Crippen molar-refractivity contribution >= 4 is 17.8 Å². The van der Waals surface area contributed by atoms with Crippen LogP contribution in [0.2, 0.25) is 0 Å². The lowest BCUT2D eigenvalue weighted by molar-refractivity contribution is -0.134. The molecule has 0 aliphatic heterocycles. The third-order valence-corrected chi connectivity index (χ3v) is 6.37. The van der Waals surface area contributed by atoms with Crippen LogP contribution >= 0.6 is 0 Å². The molecule has 0 saturated carbocycles. The fraction of sp³-hybridized carbons (Fsp3) is 0.444. The Labute approximate surface area is 229 Å². The van der Waals surface area contributed by atoms with Gasteiger partial charge in [-0.3, -0.25) is 14.6 Å². The Morgan fingerprint density at radius 3 is 1.59 bits per heavy atom. The SMILES string of the molecule is COc1cc(CC(CN)(Cc2cc(OC)cc(OC)c2)C(=O)N[C@@H](CCCN=C(N)N)C(N)=O)cc(OC)c1. The highest BCUT2D eigenvalue weighted by molar-refractivity contribution is 5.90. The summed E-state index contributed by atoms with van der Waals surface area (Å²) in [5, 5.41) is 2.82. The summed E-state index contributed by atoms with van der Waals surface area (Å²) in [5.74, 6) is 1.09. The van der Waals surface area contributed by atoms with Gasteiger partial charge < -0.3 is 47.2 Å². The third kappa shape index (κ3) is 8.95. The van der Waals surface area contributed by atoms with E-state index in [4.69, 9.17) is 41.9 Å². The summed E-state index contributed by atoms with van der Waals surface area (Å²) < 4.78 is 21.7. The lowest BCUT2D eigenvalue weighted by atomic mass is 9.75. The van der Waals surface area contributed by atoms with E-state index in [0.717, 1.165) is 11.1 Å². The topological polar surface area (TPSA) is 200 Å². The highest BCUT2D eigenvalue weighted by Crippen LogP contribution is 2.34. The molecule has 2 aromatic carbocycles. The van der Waals surface area contributed by atoms with Gasteiger partial charge in [0.1, 0.15) is 29.0 Å². The molecule has 214 valence electrons. The second-order valence-corrected chi connectivity index (χ2v) is 9.16. The molecule has 12 nitrogen and oxygen atoms in total. The van der Waals surface area contributed by atoms with Gasteiger partial charge in [-0.1, -0.05) is 0 Å². The van der Waals surface area contributed by atoms with Crippen LogP contribution in [0.5, 0.6) is 23.0 Å². The quantitative estimate of drug-likeness (QED) is 0.113. The molecule has 39 heavy (non-hydrogen) atoms. The smallest absolute Gasteiger partial charge is 0.240 e. The fourth-order valence-electron chi connectivity index (χ4n) is 4.28. The lowest BCUT2D eigenvalue weighted by Gasteiger charge is -2.33. The monoisotopic (exact) mass is 544 g/mol. The molecule has 2 aromatic rings. The van der Waals surface area contributed by atoms with Crippen molar-refractivity contribution in [3.8, 4) is 23.0 Å². The Morgan fingerprint density at radius 2 is 1.26 bits per heavy atom. The van der Waals surface area contributed by atoms with Crippen LogP contribution in [-0.4, -0.2) is 65.3 Å². The van der Waals surface area contributed by atoms with Gasteiger partial charge in [0.2, 0.25) is 11.8 Å². The third-order valence-electron chi connectivity index (χ3n) is 6.37. The zero-order valence-corrected chi connectivity index (χ0v) is 23.0. The number of amides is 2. The summed E-state index contributed by atoms with van der Waals surface area (Å²) in [7, 11) is 6.18. The summed E-state index contributed by atoms with van der Waals surface area (Å²) in [6.07, 6.45) is 1.10. The van der Waals surface area contributed by atoms with Gasteiger partial charge in [0, 0.05) is 25.2 Å². The van der Waals surface area contributed by atoms with E-state index in [-0.39, 0.29) is 38.3 Å². The first-order valence-electron chi connectivity index (χ1n) is 12.4. The number of methoxy groups -OCH3 is 4. The van der Waals surface area contributed by atoms with Crippen LogP contribution in [-0.2, 0) is 22.4 Å². The molecule has 2 amide bonds. The second-order valence-electron chi connectivity index (χ2n) is 9.16. The van der Waals surface area contributed by atoms with Crippen molar-refractivity contribution in [2.45, 2.75) is 31.7 Å². The first-order chi connectivity index (χ1) is 18.6. The van der Waals surface area contributed by atoms with Gasteiger partial charge in [0.05, 0.1) is 33.9 Å². The number of primary amides is 1. The molecule has 9 N–H and O–H groups in total. The minimum atomic E-state index is -1.19. The van der Waals surface area contributed by atoms with Crippen LogP contribution in [0.1, 0.15) is 24.0 Å². The van der Waals surface area contributed by atoms with Crippen molar-refractivity contribution < 1.29 is 28.5 Å². The predicted octanol–water partition coefficient (Wildman–Crippen LogP) is 0.475. The van der Waals surface area contributed by atoms with Crippen molar-refractivity contribution in [1.29, 1.82) is 0 Å². The van der Waals surface area contributed by atoms with E-state index in [1.54, 1.807) is 40.6 Å². The van der Waals surface area contributed by atoms with Crippen LogP contribution in [0.25, 0.3) is 0 Å². The number of nitrogens with zero attached hydrogens (tertiary/aromatic N) is 1. The van der Waals surface area contributed by atoms with E-state index in [9.17, 15) is 9.59 Å². The van der Waals surface area contributed by atoms with E-state index in [1.807, 2.05) is 24.3 Å². The van der Waals surface area contributed by atoms with Crippen LogP contribution in [0.4, 0.5) is 0 Å². The van der Waals surface area contributed by atoms with Gasteiger partial charge in [-0.25, -0.2) is 0 Å². The minimum Gasteiger partial charge on any atom is -0.497 e. The Kier molecular flexibility index (Phi) is 11.7. The number of ether oxygens (including phenoxy) is 4. The molecule has 0 radical (unpaired) electrons. The van der Waals surface area contributed by atoms with Gasteiger partial charge in [0.25, 0.3) is 0 Å². The summed E-state index contributed by atoms with van der Waals surface area (Å²) in [6.45, 7) is 0.245. The number of guanidine groups is 1. The van der Waals surface area contributed by atoms with Crippen molar-refractivity contribution in [2.24, 2.45) is 33.3 Å². The number of rotatable bonds is 16. The zero-order valence-electron chi connectivity index (χ0n) is 23.0. The van der Waals surface area contributed by atoms with Gasteiger partial charge in [-0.2, -0.15) is 0 Å². The Bertz CT molecular complexity index is 1050. The molecule has 2 rings (SSSR count). The van der Waals surface area contributed by atoms with Crippen molar-refractivity contribution in [3.05, 3.63) is 47.5 Å². The number of hydrogen-bond acceptors (Lipinski definition) is 8. The Hall–Kier alpha value is -4.19. The van der Waals surface area contributed by atoms with Crippen molar-refractivity contribution in [2.75, 3.05) is 41.5 Å². The maximum atomic E-state index is 14.0. The predicted molar refractivity (Wildman–Crippen MR) is 149 cm³/mol. The van der Waals surface area contributed by atoms with E-state index in [2.05, 4.69) is 10.3 Å². The second kappa shape index (κ2) is 14.7. The number of hydrogen-bond donors (Lipinski definition) is 5. The summed E-state index contributed by atoms with van der Waals surface area (Å²) >= 11 is 0. The van der Waals surface area contributed by atoms with Gasteiger partial charge >= 0.3 is 0 Å².